The van der Waals surface area contributed by atoms with Gasteiger partial charge in [0.05, 0.1) is 5.41 Å². The van der Waals surface area contributed by atoms with E-state index in [0.29, 0.717) is 25.8 Å². The maximum atomic E-state index is 11.2. The van der Waals surface area contributed by atoms with E-state index in [2.05, 4.69) is 17.2 Å². The van der Waals surface area contributed by atoms with Gasteiger partial charge in [-0.2, -0.15) is 0 Å². The van der Waals surface area contributed by atoms with Crippen molar-refractivity contribution < 1.29 is 14.7 Å². The van der Waals surface area contributed by atoms with Gasteiger partial charge in [-0.1, -0.05) is 24.0 Å². The quantitative estimate of drug-likeness (QED) is 0.647. The number of carboxylic acid groups (broad SMARTS) is 1. The van der Waals surface area contributed by atoms with Gasteiger partial charge in [-0.05, 0) is 30.5 Å². The minimum absolute atomic E-state index is 0.0560. The molecule has 0 heterocycles. The number of benzene rings is 1. The van der Waals surface area contributed by atoms with Gasteiger partial charge in [0.25, 0.3) is 0 Å². The van der Waals surface area contributed by atoms with Crippen LogP contribution < -0.4 is 5.32 Å². The molecule has 0 aliphatic heterocycles. The third kappa shape index (κ3) is 3.18. The van der Waals surface area contributed by atoms with Crippen LogP contribution in [-0.4, -0.2) is 23.5 Å². The molecule has 0 aromatic heterocycles. The Morgan fingerprint density at radius 1 is 1.30 bits per heavy atom. The van der Waals surface area contributed by atoms with Gasteiger partial charge >= 0.3 is 5.97 Å². The van der Waals surface area contributed by atoms with Crippen LogP contribution >= 0.6 is 0 Å². The van der Waals surface area contributed by atoms with E-state index in [4.69, 9.17) is 0 Å². The van der Waals surface area contributed by atoms with E-state index in [-0.39, 0.29) is 5.91 Å². The number of rotatable bonds is 4. The number of nitrogens with one attached hydrogen (secondary N) is 1. The third-order valence-corrected chi connectivity index (χ3v) is 3.45. The van der Waals surface area contributed by atoms with Gasteiger partial charge in [0.15, 0.2) is 0 Å². The number of carbonyl (C=O) groups is 2. The van der Waals surface area contributed by atoms with Crippen LogP contribution in [0.3, 0.4) is 0 Å². The summed E-state index contributed by atoms with van der Waals surface area (Å²) >= 11 is 0. The van der Waals surface area contributed by atoms with Crippen LogP contribution in [0.15, 0.2) is 24.3 Å². The number of hydrogen-bond acceptors (Lipinski definition) is 2. The molecule has 1 saturated carbocycles. The van der Waals surface area contributed by atoms with E-state index >= 15 is 0 Å². The highest BCUT2D eigenvalue weighted by Gasteiger charge is 2.51. The zero-order chi connectivity index (χ0) is 14.6. The highest BCUT2D eigenvalue weighted by molar-refractivity contribution is 5.84. The van der Waals surface area contributed by atoms with Crippen molar-refractivity contribution in [1.82, 2.24) is 5.32 Å². The molecule has 0 spiro atoms. The molecule has 1 fully saturated rings. The van der Waals surface area contributed by atoms with Crippen LogP contribution in [0.1, 0.15) is 37.3 Å². The maximum Gasteiger partial charge on any atom is 0.314 e. The fraction of sp³-hybridized carbons (Fsp3) is 0.375. The molecule has 0 saturated heterocycles. The Morgan fingerprint density at radius 3 is 2.45 bits per heavy atom. The van der Waals surface area contributed by atoms with E-state index in [9.17, 15) is 14.7 Å². The number of aliphatic carboxylic acids is 1. The molecule has 0 bridgehead atoms. The zero-order valence-electron chi connectivity index (χ0n) is 11.4. The second-order valence-electron chi connectivity index (χ2n) is 5.00. The molecule has 1 aliphatic rings. The summed E-state index contributed by atoms with van der Waals surface area (Å²) in [5.41, 5.74) is 1.06. The molecule has 0 unspecified atom stereocenters. The third-order valence-electron chi connectivity index (χ3n) is 3.45. The summed E-state index contributed by atoms with van der Waals surface area (Å²) in [6.45, 7) is 2.02. The van der Waals surface area contributed by atoms with Gasteiger partial charge in [0, 0.05) is 25.5 Å². The average molecular weight is 271 g/mol. The standard InChI is InChI=1S/C16H17NO3/c1-12(18)17-11-3-2-4-13-5-7-14(8-6-13)16(9-10-16)15(19)20/h5-8H,3,9-11H2,1H3,(H,17,18)(H,19,20). The molecule has 4 heteroatoms. The van der Waals surface area contributed by atoms with Crippen molar-refractivity contribution in [1.29, 1.82) is 0 Å². The molecule has 0 radical (unpaired) electrons. The Balaban J connectivity index is 1.94. The van der Waals surface area contributed by atoms with Crippen LogP contribution in [0.25, 0.3) is 0 Å². The van der Waals surface area contributed by atoms with E-state index < -0.39 is 11.4 Å². The Labute approximate surface area is 118 Å². The maximum absolute atomic E-state index is 11.2. The van der Waals surface area contributed by atoms with Crippen molar-refractivity contribution >= 4 is 11.9 Å². The first-order chi connectivity index (χ1) is 9.54. The molecule has 104 valence electrons. The van der Waals surface area contributed by atoms with Crippen molar-refractivity contribution in [3.63, 3.8) is 0 Å². The Morgan fingerprint density at radius 2 is 1.95 bits per heavy atom. The summed E-state index contributed by atoms with van der Waals surface area (Å²) in [4.78, 5) is 21.9. The Bertz CT molecular complexity index is 574. The SMILES string of the molecule is CC(=O)NCCC#Cc1ccc(C2(C(=O)O)CC2)cc1. The minimum Gasteiger partial charge on any atom is -0.481 e. The first-order valence-electron chi connectivity index (χ1n) is 6.62. The molecule has 1 aromatic rings. The molecule has 1 amide bonds. The second-order valence-corrected chi connectivity index (χ2v) is 5.00. The highest BCUT2D eigenvalue weighted by atomic mass is 16.4. The zero-order valence-corrected chi connectivity index (χ0v) is 11.4. The summed E-state index contributed by atoms with van der Waals surface area (Å²) in [6, 6.07) is 7.39. The lowest BCUT2D eigenvalue weighted by Crippen LogP contribution is -2.20. The lowest BCUT2D eigenvalue weighted by Gasteiger charge is -2.09. The lowest BCUT2D eigenvalue weighted by molar-refractivity contribution is -0.140. The van der Waals surface area contributed by atoms with Crippen LogP contribution in [-0.2, 0) is 15.0 Å². The van der Waals surface area contributed by atoms with Crippen LogP contribution in [0, 0.1) is 11.8 Å². The molecule has 1 aliphatic carbocycles. The normalized spacial score (nSPS) is 14.8. The van der Waals surface area contributed by atoms with E-state index in [0.717, 1.165) is 11.1 Å². The van der Waals surface area contributed by atoms with E-state index in [1.807, 2.05) is 24.3 Å². The highest BCUT2D eigenvalue weighted by Crippen LogP contribution is 2.48. The first-order valence-corrected chi connectivity index (χ1v) is 6.62. The average Bonchev–Trinajstić information content (AvgIpc) is 3.20. The molecule has 1 aromatic carbocycles. The summed E-state index contributed by atoms with van der Waals surface area (Å²) < 4.78 is 0. The number of carbonyl (C=O) groups excluding carboxylic acids is 1. The smallest absolute Gasteiger partial charge is 0.314 e. The molecular formula is C16H17NO3. The first kappa shape index (κ1) is 14.1. The van der Waals surface area contributed by atoms with Gasteiger partial charge in [-0.3, -0.25) is 9.59 Å². The van der Waals surface area contributed by atoms with Crippen LogP contribution in [0.4, 0.5) is 0 Å². The molecule has 2 N–H and O–H groups in total. The van der Waals surface area contributed by atoms with Gasteiger partial charge in [0.2, 0.25) is 5.91 Å². The van der Waals surface area contributed by atoms with Crippen molar-refractivity contribution in [2.24, 2.45) is 0 Å². The lowest BCUT2D eigenvalue weighted by atomic mass is 9.95. The number of hydrogen-bond donors (Lipinski definition) is 2. The summed E-state index contributed by atoms with van der Waals surface area (Å²) in [7, 11) is 0. The minimum atomic E-state index is -0.744. The Hall–Kier alpha value is -2.28. The predicted octanol–water partition coefficient (Wildman–Crippen LogP) is 1.68. The summed E-state index contributed by atoms with van der Waals surface area (Å²) in [5.74, 6) is 5.17. The van der Waals surface area contributed by atoms with Gasteiger partial charge in [-0.15, -0.1) is 0 Å². The fourth-order valence-electron chi connectivity index (χ4n) is 2.09. The largest absolute Gasteiger partial charge is 0.481 e. The van der Waals surface area contributed by atoms with Gasteiger partial charge in [0.1, 0.15) is 0 Å². The number of carboxylic acids is 1. The van der Waals surface area contributed by atoms with Crippen molar-refractivity contribution in [3.8, 4) is 11.8 Å². The van der Waals surface area contributed by atoms with Gasteiger partial charge in [-0.25, -0.2) is 0 Å². The summed E-state index contributed by atoms with van der Waals surface area (Å²) in [5, 5.41) is 11.9. The molecule has 2 rings (SSSR count). The topological polar surface area (TPSA) is 66.4 Å². The van der Waals surface area contributed by atoms with Crippen molar-refractivity contribution in [2.45, 2.75) is 31.6 Å². The van der Waals surface area contributed by atoms with Crippen molar-refractivity contribution in [2.75, 3.05) is 6.54 Å². The molecular weight excluding hydrogens is 254 g/mol. The van der Waals surface area contributed by atoms with Crippen LogP contribution in [0.5, 0.6) is 0 Å². The molecule has 0 atom stereocenters. The van der Waals surface area contributed by atoms with Crippen LogP contribution in [0.2, 0.25) is 0 Å². The van der Waals surface area contributed by atoms with Crippen molar-refractivity contribution in [3.05, 3.63) is 35.4 Å². The van der Waals surface area contributed by atoms with E-state index in [1.165, 1.54) is 6.92 Å². The second kappa shape index (κ2) is 5.79. The van der Waals surface area contributed by atoms with E-state index in [1.54, 1.807) is 0 Å². The van der Waals surface area contributed by atoms with Gasteiger partial charge < -0.3 is 10.4 Å². The summed E-state index contributed by atoms with van der Waals surface area (Å²) in [6.07, 6.45) is 2.02. The fourth-order valence-corrected chi connectivity index (χ4v) is 2.09. The number of amides is 1. The predicted molar refractivity (Wildman–Crippen MR) is 75.2 cm³/mol. The molecule has 4 nitrogen and oxygen atoms in total. The monoisotopic (exact) mass is 271 g/mol. The molecule has 20 heavy (non-hydrogen) atoms. The Kier molecular flexibility index (Phi) is 4.09.